The van der Waals surface area contributed by atoms with E-state index in [1.54, 1.807) is 36.8 Å². The number of carbonyl (C=O) groups excluding carboxylic acids is 1. The van der Waals surface area contributed by atoms with Gasteiger partial charge in [-0.1, -0.05) is 12.1 Å². The van der Waals surface area contributed by atoms with Gasteiger partial charge in [0, 0.05) is 46.3 Å². The molecule has 0 radical (unpaired) electrons. The van der Waals surface area contributed by atoms with Gasteiger partial charge >= 0.3 is 0 Å². The third-order valence-corrected chi connectivity index (χ3v) is 2.93. The smallest absolute Gasteiger partial charge is 0.197 e. The van der Waals surface area contributed by atoms with E-state index < -0.39 is 0 Å². The molecule has 4 heteroatoms. The van der Waals surface area contributed by atoms with E-state index in [4.69, 9.17) is 5.73 Å². The van der Waals surface area contributed by atoms with Crippen molar-refractivity contribution in [3.05, 3.63) is 60.0 Å². The van der Waals surface area contributed by atoms with Crippen molar-refractivity contribution >= 4 is 22.4 Å². The van der Waals surface area contributed by atoms with Gasteiger partial charge in [-0.05, 0) is 18.2 Å². The predicted octanol–water partition coefficient (Wildman–Crippen LogP) is 2.38. The highest BCUT2D eigenvalue weighted by atomic mass is 16.1. The predicted molar refractivity (Wildman–Crippen MR) is 70.4 cm³/mol. The number of anilines is 1. The molecule has 4 nitrogen and oxygen atoms in total. The van der Waals surface area contributed by atoms with E-state index in [2.05, 4.69) is 9.97 Å². The fraction of sp³-hybridized carbons (Fsp3) is 0. The Kier molecular flexibility index (Phi) is 2.34. The minimum Gasteiger partial charge on any atom is -0.398 e. The molecule has 1 aromatic carbocycles. The lowest BCUT2D eigenvalue weighted by Gasteiger charge is -2.03. The second kappa shape index (κ2) is 4.00. The zero-order valence-corrected chi connectivity index (χ0v) is 9.55. The Bertz CT molecular complexity index is 730. The number of nitrogens with one attached hydrogen (secondary N) is 1. The summed E-state index contributed by atoms with van der Waals surface area (Å²) in [6.07, 6.45) is 5.06. The summed E-state index contributed by atoms with van der Waals surface area (Å²) in [6.45, 7) is 0. The number of pyridine rings is 1. The molecule has 2 heterocycles. The number of fused-ring (bicyclic) bond motifs is 1. The number of benzene rings is 1. The number of nitrogen functional groups attached to an aromatic ring is 1. The topological polar surface area (TPSA) is 71.8 Å². The van der Waals surface area contributed by atoms with E-state index in [-0.39, 0.29) is 5.78 Å². The Morgan fingerprint density at radius 2 is 2.00 bits per heavy atom. The lowest BCUT2D eigenvalue weighted by atomic mass is 10.0. The standard InChI is InChI=1S/C14H11N3O/c15-12-4-2-1-3-9(12)14(18)11-8-17-13-5-6-16-7-10(11)13/h1-8,17H,15H2. The van der Waals surface area contributed by atoms with Gasteiger partial charge in [-0.25, -0.2) is 0 Å². The Balaban J connectivity index is 2.16. The van der Waals surface area contributed by atoms with Gasteiger partial charge in [0.1, 0.15) is 0 Å². The van der Waals surface area contributed by atoms with Crippen molar-refractivity contribution in [1.82, 2.24) is 9.97 Å². The van der Waals surface area contributed by atoms with Crippen LogP contribution in [0.1, 0.15) is 15.9 Å². The molecule has 3 N–H and O–H groups in total. The summed E-state index contributed by atoms with van der Waals surface area (Å²) in [5.41, 5.74) is 8.31. The SMILES string of the molecule is Nc1ccccc1C(=O)c1c[nH]c2ccncc12. The summed E-state index contributed by atoms with van der Waals surface area (Å²) in [7, 11) is 0. The zero-order chi connectivity index (χ0) is 12.5. The summed E-state index contributed by atoms with van der Waals surface area (Å²) >= 11 is 0. The Hall–Kier alpha value is -2.62. The molecule has 0 saturated heterocycles. The third-order valence-electron chi connectivity index (χ3n) is 2.93. The van der Waals surface area contributed by atoms with Gasteiger partial charge in [-0.15, -0.1) is 0 Å². The number of H-pyrrole nitrogens is 1. The molecule has 0 saturated carbocycles. The van der Waals surface area contributed by atoms with Crippen molar-refractivity contribution in [3.8, 4) is 0 Å². The molecule has 0 bridgehead atoms. The number of nitrogens with zero attached hydrogens (tertiary/aromatic N) is 1. The molecule has 3 aromatic rings. The van der Waals surface area contributed by atoms with Gasteiger partial charge in [0.25, 0.3) is 0 Å². The molecule has 2 aromatic heterocycles. The monoisotopic (exact) mass is 237 g/mol. The maximum absolute atomic E-state index is 12.4. The Morgan fingerprint density at radius 3 is 2.83 bits per heavy atom. The third kappa shape index (κ3) is 1.55. The van der Waals surface area contributed by atoms with E-state index in [0.717, 1.165) is 10.9 Å². The van der Waals surface area contributed by atoms with Crippen LogP contribution in [0.3, 0.4) is 0 Å². The van der Waals surface area contributed by atoms with Crippen LogP contribution in [-0.2, 0) is 0 Å². The van der Waals surface area contributed by atoms with Crippen LogP contribution in [0.25, 0.3) is 10.9 Å². The molecule has 0 aliphatic carbocycles. The minimum atomic E-state index is -0.0904. The van der Waals surface area contributed by atoms with Crippen molar-refractivity contribution in [2.45, 2.75) is 0 Å². The van der Waals surface area contributed by atoms with Crippen molar-refractivity contribution in [2.24, 2.45) is 0 Å². The maximum atomic E-state index is 12.4. The van der Waals surface area contributed by atoms with Crippen LogP contribution in [-0.4, -0.2) is 15.8 Å². The number of nitrogens with two attached hydrogens (primary N) is 1. The van der Waals surface area contributed by atoms with Gasteiger partial charge in [-0.3, -0.25) is 9.78 Å². The average Bonchev–Trinajstić information content (AvgIpc) is 2.82. The van der Waals surface area contributed by atoms with Crippen LogP contribution in [0.2, 0.25) is 0 Å². The first-order valence-corrected chi connectivity index (χ1v) is 5.57. The molecule has 18 heavy (non-hydrogen) atoms. The highest BCUT2D eigenvalue weighted by Gasteiger charge is 2.15. The van der Waals surface area contributed by atoms with Gasteiger partial charge in [0.05, 0.1) is 0 Å². The fourth-order valence-electron chi connectivity index (χ4n) is 2.00. The van der Waals surface area contributed by atoms with Gasteiger partial charge in [-0.2, -0.15) is 0 Å². The first kappa shape index (κ1) is 10.5. The van der Waals surface area contributed by atoms with Gasteiger partial charge in [0.2, 0.25) is 0 Å². The number of ketones is 1. The van der Waals surface area contributed by atoms with Crippen LogP contribution in [0.15, 0.2) is 48.9 Å². The van der Waals surface area contributed by atoms with Crippen LogP contribution in [0, 0.1) is 0 Å². The number of hydrogen-bond acceptors (Lipinski definition) is 3. The molecule has 0 aliphatic rings. The normalized spacial score (nSPS) is 10.7. The quantitative estimate of drug-likeness (QED) is 0.531. The lowest BCUT2D eigenvalue weighted by molar-refractivity contribution is 0.104. The van der Waals surface area contributed by atoms with Crippen LogP contribution >= 0.6 is 0 Å². The summed E-state index contributed by atoms with van der Waals surface area (Å²) in [6, 6.07) is 8.90. The molecule has 88 valence electrons. The van der Waals surface area contributed by atoms with Crippen LogP contribution < -0.4 is 5.73 Å². The largest absolute Gasteiger partial charge is 0.398 e. The highest BCUT2D eigenvalue weighted by molar-refractivity contribution is 6.18. The molecule has 0 spiro atoms. The van der Waals surface area contributed by atoms with Crippen molar-refractivity contribution < 1.29 is 4.79 Å². The number of aromatic nitrogens is 2. The van der Waals surface area contributed by atoms with E-state index in [0.29, 0.717) is 16.8 Å². The number of rotatable bonds is 2. The molecule has 3 rings (SSSR count). The molecule has 0 fully saturated rings. The number of hydrogen-bond donors (Lipinski definition) is 2. The molecular weight excluding hydrogens is 226 g/mol. The Labute approximate surface area is 103 Å². The molecule has 0 unspecified atom stereocenters. The summed E-state index contributed by atoms with van der Waals surface area (Å²) in [5.74, 6) is -0.0904. The number of carbonyl (C=O) groups is 1. The number of aromatic amines is 1. The van der Waals surface area contributed by atoms with E-state index in [9.17, 15) is 4.79 Å². The first-order chi connectivity index (χ1) is 8.77. The van der Waals surface area contributed by atoms with Crippen LogP contribution in [0.4, 0.5) is 5.69 Å². The van der Waals surface area contributed by atoms with E-state index in [1.165, 1.54) is 0 Å². The Morgan fingerprint density at radius 1 is 1.17 bits per heavy atom. The first-order valence-electron chi connectivity index (χ1n) is 5.57. The molecular formula is C14H11N3O. The maximum Gasteiger partial charge on any atom is 0.197 e. The molecule has 0 aliphatic heterocycles. The zero-order valence-electron chi connectivity index (χ0n) is 9.55. The molecule has 0 atom stereocenters. The van der Waals surface area contributed by atoms with Crippen molar-refractivity contribution in [3.63, 3.8) is 0 Å². The molecule has 0 amide bonds. The average molecular weight is 237 g/mol. The second-order valence-electron chi connectivity index (χ2n) is 4.04. The lowest BCUT2D eigenvalue weighted by Crippen LogP contribution is -2.04. The van der Waals surface area contributed by atoms with Gasteiger partial charge in [0.15, 0.2) is 5.78 Å². The summed E-state index contributed by atoms with van der Waals surface area (Å²) in [4.78, 5) is 19.5. The van der Waals surface area contributed by atoms with Gasteiger partial charge < -0.3 is 10.7 Å². The number of para-hydroxylation sites is 1. The summed E-state index contributed by atoms with van der Waals surface area (Å²) < 4.78 is 0. The van der Waals surface area contributed by atoms with Crippen molar-refractivity contribution in [2.75, 3.05) is 5.73 Å². The summed E-state index contributed by atoms with van der Waals surface area (Å²) in [5, 5.41) is 0.811. The fourth-order valence-corrected chi connectivity index (χ4v) is 2.00. The van der Waals surface area contributed by atoms with E-state index >= 15 is 0 Å². The minimum absolute atomic E-state index is 0.0904. The van der Waals surface area contributed by atoms with E-state index in [1.807, 2.05) is 12.1 Å². The highest BCUT2D eigenvalue weighted by Crippen LogP contribution is 2.22. The van der Waals surface area contributed by atoms with Crippen molar-refractivity contribution in [1.29, 1.82) is 0 Å². The second-order valence-corrected chi connectivity index (χ2v) is 4.04. The van der Waals surface area contributed by atoms with Crippen LogP contribution in [0.5, 0.6) is 0 Å².